The van der Waals surface area contributed by atoms with Gasteiger partial charge in [-0.2, -0.15) is 0 Å². The Hall–Kier alpha value is -0.460. The summed E-state index contributed by atoms with van der Waals surface area (Å²) >= 11 is 0. The molecule has 1 heteroatoms. The van der Waals surface area contributed by atoms with Crippen molar-refractivity contribution >= 4 is 0 Å². The fraction of sp³-hybridized carbons (Fsp3) is 0.700. The highest BCUT2D eigenvalue weighted by atomic mass is 16.5. The lowest BCUT2D eigenvalue weighted by Gasteiger charge is -1.99. The second-order valence-corrected chi connectivity index (χ2v) is 2.67. The fourth-order valence-corrected chi connectivity index (χ4v) is 0.967. The summed E-state index contributed by atoms with van der Waals surface area (Å²) in [6.07, 6.45) is 9.12. The molecule has 1 radical (unpaired) electrons. The van der Waals surface area contributed by atoms with Crippen LogP contribution in [0.2, 0.25) is 0 Å². The largest absolute Gasteiger partial charge is 0.495 e. The van der Waals surface area contributed by atoms with Crippen LogP contribution in [0.4, 0.5) is 0 Å². The van der Waals surface area contributed by atoms with E-state index in [4.69, 9.17) is 4.74 Å². The Kier molecular flexibility index (Phi) is 9.14. The van der Waals surface area contributed by atoms with Crippen LogP contribution in [0.25, 0.3) is 0 Å². The minimum atomic E-state index is 1.05. The molecule has 0 aromatic carbocycles. The molecule has 0 atom stereocenters. The van der Waals surface area contributed by atoms with Gasteiger partial charge in [0.1, 0.15) is 6.61 Å². The first-order chi connectivity index (χ1) is 5.41. The minimum Gasteiger partial charge on any atom is -0.495 e. The van der Waals surface area contributed by atoms with Crippen LogP contribution in [0, 0.1) is 6.61 Å². The minimum absolute atomic E-state index is 1.05. The predicted molar refractivity (Wildman–Crippen MR) is 49.0 cm³/mol. The van der Waals surface area contributed by atoms with Gasteiger partial charge in [-0.25, -0.2) is 0 Å². The maximum Gasteiger partial charge on any atom is 0.134 e. The normalized spacial score (nSPS) is 9.55. The highest BCUT2D eigenvalue weighted by molar-refractivity contribution is 4.58. The topological polar surface area (TPSA) is 9.23 Å². The van der Waals surface area contributed by atoms with Crippen LogP contribution in [0.3, 0.4) is 0 Å². The molecule has 0 N–H and O–H groups in total. The molecular formula is C10H19O. The van der Waals surface area contributed by atoms with Gasteiger partial charge in [-0.15, -0.1) is 0 Å². The van der Waals surface area contributed by atoms with Crippen molar-refractivity contribution in [1.82, 2.24) is 0 Å². The highest BCUT2D eigenvalue weighted by Gasteiger charge is 1.89. The van der Waals surface area contributed by atoms with Crippen molar-refractivity contribution in [3.63, 3.8) is 0 Å². The van der Waals surface area contributed by atoms with Crippen LogP contribution in [0.5, 0.6) is 0 Å². The summed E-state index contributed by atoms with van der Waals surface area (Å²) < 4.78 is 4.88. The van der Waals surface area contributed by atoms with Gasteiger partial charge in [-0.3, -0.25) is 0 Å². The molecule has 0 spiro atoms. The average molecular weight is 155 g/mol. The molecule has 0 aliphatic heterocycles. The number of hydrogen-bond donors (Lipinski definition) is 0. The first-order valence-electron chi connectivity index (χ1n) is 4.50. The van der Waals surface area contributed by atoms with Crippen molar-refractivity contribution in [1.29, 1.82) is 0 Å². The number of ether oxygens (including phenoxy) is 1. The van der Waals surface area contributed by atoms with Crippen molar-refractivity contribution in [3.05, 3.63) is 19.4 Å². The molecule has 65 valence electrons. The summed E-state index contributed by atoms with van der Waals surface area (Å²) in [4.78, 5) is 0. The van der Waals surface area contributed by atoms with E-state index in [1.165, 1.54) is 38.4 Å². The summed E-state index contributed by atoms with van der Waals surface area (Å²) in [5.41, 5.74) is 0. The van der Waals surface area contributed by atoms with Crippen LogP contribution in [-0.4, -0.2) is 0 Å². The highest BCUT2D eigenvalue weighted by Crippen LogP contribution is 2.06. The maximum absolute atomic E-state index is 4.88. The molecule has 11 heavy (non-hydrogen) atoms. The lowest BCUT2D eigenvalue weighted by atomic mass is 10.1. The Balaban J connectivity index is 2.74. The maximum atomic E-state index is 4.88. The quantitative estimate of drug-likeness (QED) is 0.384. The van der Waals surface area contributed by atoms with Gasteiger partial charge in [0.15, 0.2) is 0 Å². The Morgan fingerprint density at radius 2 is 1.91 bits per heavy atom. The van der Waals surface area contributed by atoms with Crippen molar-refractivity contribution in [2.45, 2.75) is 45.4 Å². The third kappa shape index (κ3) is 9.54. The van der Waals surface area contributed by atoms with Gasteiger partial charge < -0.3 is 4.74 Å². The van der Waals surface area contributed by atoms with Gasteiger partial charge in [-0.05, 0) is 12.8 Å². The number of hydrogen-bond acceptors (Lipinski definition) is 1. The van der Waals surface area contributed by atoms with E-state index in [9.17, 15) is 0 Å². The molecule has 0 aliphatic carbocycles. The lowest BCUT2D eigenvalue weighted by molar-refractivity contribution is 0.317. The van der Waals surface area contributed by atoms with E-state index in [1.54, 1.807) is 0 Å². The molecule has 0 unspecified atom stereocenters. The van der Waals surface area contributed by atoms with E-state index < -0.39 is 0 Å². The first kappa shape index (κ1) is 10.5. The van der Waals surface area contributed by atoms with Crippen molar-refractivity contribution in [2.24, 2.45) is 0 Å². The van der Waals surface area contributed by atoms with Crippen molar-refractivity contribution in [2.75, 3.05) is 0 Å². The molecule has 0 heterocycles. The Morgan fingerprint density at radius 3 is 2.55 bits per heavy atom. The van der Waals surface area contributed by atoms with Gasteiger partial charge in [0.25, 0.3) is 0 Å². The van der Waals surface area contributed by atoms with Crippen LogP contribution in [0.15, 0.2) is 12.8 Å². The SMILES string of the molecule is C=CO[CH]CCCCCCC. The van der Waals surface area contributed by atoms with E-state index in [1.807, 2.05) is 6.61 Å². The second kappa shape index (κ2) is 9.54. The van der Waals surface area contributed by atoms with Crippen LogP contribution < -0.4 is 0 Å². The number of rotatable bonds is 8. The van der Waals surface area contributed by atoms with E-state index >= 15 is 0 Å². The fourth-order valence-electron chi connectivity index (χ4n) is 0.967. The number of unbranched alkanes of at least 4 members (excludes halogenated alkanes) is 5. The smallest absolute Gasteiger partial charge is 0.134 e. The predicted octanol–water partition coefficient (Wildman–Crippen LogP) is 3.67. The molecule has 0 saturated carbocycles. The van der Waals surface area contributed by atoms with E-state index in [-0.39, 0.29) is 0 Å². The van der Waals surface area contributed by atoms with Crippen LogP contribution in [-0.2, 0) is 4.74 Å². The summed E-state index contributed by atoms with van der Waals surface area (Å²) in [7, 11) is 0. The molecule has 0 amide bonds. The van der Waals surface area contributed by atoms with Gasteiger partial charge in [0.2, 0.25) is 0 Å². The zero-order valence-corrected chi connectivity index (χ0v) is 7.51. The summed E-state index contributed by atoms with van der Waals surface area (Å²) in [5.74, 6) is 0. The molecular weight excluding hydrogens is 136 g/mol. The molecule has 0 bridgehead atoms. The van der Waals surface area contributed by atoms with Gasteiger partial charge >= 0.3 is 0 Å². The summed E-state index contributed by atoms with van der Waals surface area (Å²) in [5, 5.41) is 0. The molecule has 0 aromatic rings. The molecule has 0 aromatic heterocycles. The zero-order chi connectivity index (χ0) is 8.36. The molecule has 0 aliphatic rings. The van der Waals surface area contributed by atoms with E-state index in [2.05, 4.69) is 13.5 Å². The standard InChI is InChI=1S/C10H19O/c1-3-5-6-7-8-9-10-11-4-2/h4,10H,2-3,5-9H2,1H3. The third-order valence-corrected chi connectivity index (χ3v) is 1.62. The molecule has 0 rings (SSSR count). The van der Waals surface area contributed by atoms with Crippen molar-refractivity contribution in [3.8, 4) is 0 Å². The van der Waals surface area contributed by atoms with Crippen LogP contribution in [0.1, 0.15) is 45.4 Å². The van der Waals surface area contributed by atoms with E-state index in [0.29, 0.717) is 0 Å². The van der Waals surface area contributed by atoms with Crippen molar-refractivity contribution < 1.29 is 4.74 Å². The van der Waals surface area contributed by atoms with Gasteiger partial charge in [0.05, 0.1) is 6.26 Å². The second-order valence-electron chi connectivity index (χ2n) is 2.67. The average Bonchev–Trinajstić information content (AvgIpc) is 2.03. The molecule has 0 saturated heterocycles. The van der Waals surface area contributed by atoms with E-state index in [0.717, 1.165) is 6.42 Å². The monoisotopic (exact) mass is 155 g/mol. The van der Waals surface area contributed by atoms with Gasteiger partial charge in [-0.1, -0.05) is 39.2 Å². The first-order valence-corrected chi connectivity index (χ1v) is 4.50. The Morgan fingerprint density at radius 1 is 1.18 bits per heavy atom. The summed E-state index contributed by atoms with van der Waals surface area (Å²) in [6.45, 7) is 7.50. The summed E-state index contributed by atoms with van der Waals surface area (Å²) in [6, 6.07) is 0. The third-order valence-electron chi connectivity index (χ3n) is 1.62. The van der Waals surface area contributed by atoms with Crippen LogP contribution >= 0.6 is 0 Å². The molecule has 1 nitrogen and oxygen atoms in total. The Labute approximate surface area is 70.4 Å². The zero-order valence-electron chi connectivity index (χ0n) is 7.51. The Bertz CT molecular complexity index is 78.9. The van der Waals surface area contributed by atoms with Gasteiger partial charge in [0, 0.05) is 0 Å². The molecule has 0 fully saturated rings. The lowest BCUT2D eigenvalue weighted by Crippen LogP contribution is -1.81.